The van der Waals surface area contributed by atoms with Gasteiger partial charge in [0, 0.05) is 6.42 Å². The molecular formula is C5H9N3OS. The third kappa shape index (κ3) is 1.93. The maximum Gasteiger partial charge on any atom is 0.284 e. The van der Waals surface area contributed by atoms with Gasteiger partial charge in [0.05, 0.1) is 0 Å². The van der Waals surface area contributed by atoms with Crippen LogP contribution in [0.25, 0.3) is 0 Å². The molecule has 0 bridgehead atoms. The monoisotopic (exact) mass is 159 g/mol. The first-order valence-electron chi connectivity index (χ1n) is 3.07. The Hall–Kier alpha value is -0.680. The summed E-state index contributed by atoms with van der Waals surface area (Å²) in [6.45, 7) is 0.648. The zero-order valence-corrected chi connectivity index (χ0v) is 6.28. The van der Waals surface area contributed by atoms with Crippen LogP contribution in [0, 0.1) is 4.84 Å². The van der Waals surface area contributed by atoms with E-state index in [1.54, 1.807) is 0 Å². The van der Waals surface area contributed by atoms with Crippen molar-refractivity contribution in [2.75, 3.05) is 6.54 Å². The Morgan fingerprint density at radius 2 is 2.50 bits per heavy atom. The predicted octanol–water partition coefficient (Wildman–Crippen LogP) is 0.623. The van der Waals surface area contributed by atoms with Gasteiger partial charge in [-0.25, -0.2) is 5.10 Å². The van der Waals surface area contributed by atoms with Gasteiger partial charge in [-0.1, -0.05) is 0 Å². The second-order valence-electron chi connectivity index (χ2n) is 1.90. The van der Waals surface area contributed by atoms with Crippen LogP contribution in [0.4, 0.5) is 0 Å². The second kappa shape index (κ2) is 3.48. The van der Waals surface area contributed by atoms with Crippen LogP contribution in [-0.2, 0) is 6.42 Å². The van der Waals surface area contributed by atoms with E-state index in [4.69, 9.17) is 10.2 Å². The maximum atomic E-state index is 5.28. The van der Waals surface area contributed by atoms with Crippen molar-refractivity contribution in [1.29, 1.82) is 0 Å². The summed E-state index contributed by atoms with van der Waals surface area (Å²) in [7, 11) is 0. The summed E-state index contributed by atoms with van der Waals surface area (Å²) in [5.74, 6) is 0.635. The fraction of sp³-hybridized carbons (Fsp3) is 0.600. The molecule has 0 atom stereocenters. The predicted molar refractivity (Wildman–Crippen MR) is 39.1 cm³/mol. The van der Waals surface area contributed by atoms with Gasteiger partial charge in [-0.05, 0) is 25.2 Å². The molecule has 0 aliphatic carbocycles. The highest BCUT2D eigenvalue weighted by atomic mass is 32.1. The minimum Gasteiger partial charge on any atom is -0.414 e. The van der Waals surface area contributed by atoms with Gasteiger partial charge in [0.15, 0.2) is 0 Å². The number of hydrogen-bond donors (Lipinski definition) is 2. The molecule has 1 aromatic rings. The minimum atomic E-state index is 0.326. The van der Waals surface area contributed by atoms with Crippen LogP contribution in [0.1, 0.15) is 12.3 Å². The summed E-state index contributed by atoms with van der Waals surface area (Å²) in [5, 5.41) is 6.34. The summed E-state index contributed by atoms with van der Waals surface area (Å²) < 4.78 is 4.98. The number of aromatic amines is 1. The Bertz CT molecular complexity index is 241. The van der Waals surface area contributed by atoms with Crippen LogP contribution < -0.4 is 5.73 Å². The number of nitrogens with one attached hydrogen (secondary N) is 1. The zero-order valence-electron chi connectivity index (χ0n) is 5.46. The molecule has 10 heavy (non-hydrogen) atoms. The van der Waals surface area contributed by atoms with E-state index in [0.717, 1.165) is 12.8 Å². The Labute approximate surface area is 63.4 Å². The van der Waals surface area contributed by atoms with E-state index in [9.17, 15) is 0 Å². The summed E-state index contributed by atoms with van der Waals surface area (Å²) in [6, 6.07) is 0. The fourth-order valence-electron chi connectivity index (χ4n) is 0.621. The van der Waals surface area contributed by atoms with Crippen molar-refractivity contribution < 1.29 is 4.42 Å². The molecule has 1 rings (SSSR count). The van der Waals surface area contributed by atoms with Crippen molar-refractivity contribution in [3.8, 4) is 0 Å². The van der Waals surface area contributed by atoms with Gasteiger partial charge in [-0.2, -0.15) is 0 Å². The first kappa shape index (κ1) is 7.43. The molecule has 0 unspecified atom stereocenters. The molecule has 0 spiro atoms. The Morgan fingerprint density at radius 3 is 3.00 bits per heavy atom. The van der Waals surface area contributed by atoms with Gasteiger partial charge in [0.2, 0.25) is 5.89 Å². The van der Waals surface area contributed by atoms with E-state index in [1.807, 2.05) is 0 Å². The lowest BCUT2D eigenvalue weighted by atomic mass is 10.3. The van der Waals surface area contributed by atoms with E-state index in [1.165, 1.54) is 0 Å². The quantitative estimate of drug-likeness (QED) is 0.634. The molecule has 3 N–H and O–H groups in total. The van der Waals surface area contributed by atoms with Crippen LogP contribution in [-0.4, -0.2) is 16.7 Å². The van der Waals surface area contributed by atoms with E-state index in [2.05, 4.69) is 22.4 Å². The zero-order chi connectivity index (χ0) is 7.40. The highest BCUT2D eigenvalue weighted by molar-refractivity contribution is 7.71. The summed E-state index contributed by atoms with van der Waals surface area (Å²) in [5.41, 5.74) is 5.28. The smallest absolute Gasteiger partial charge is 0.284 e. The molecule has 0 aliphatic rings. The van der Waals surface area contributed by atoms with Crippen molar-refractivity contribution in [2.24, 2.45) is 5.73 Å². The Kier molecular flexibility index (Phi) is 2.58. The lowest BCUT2D eigenvalue weighted by Crippen LogP contribution is -2.00. The minimum absolute atomic E-state index is 0.326. The maximum absolute atomic E-state index is 5.28. The highest BCUT2D eigenvalue weighted by Crippen LogP contribution is 1.96. The number of nitrogens with two attached hydrogens (primary N) is 1. The molecule has 0 amide bonds. The molecule has 0 radical (unpaired) electrons. The number of hydrogen-bond acceptors (Lipinski definition) is 4. The van der Waals surface area contributed by atoms with Crippen molar-refractivity contribution in [1.82, 2.24) is 10.2 Å². The molecule has 56 valence electrons. The van der Waals surface area contributed by atoms with Crippen molar-refractivity contribution in [3.05, 3.63) is 10.7 Å². The average Bonchev–Trinajstić information content (AvgIpc) is 2.31. The number of aryl methyl sites for hydroxylation is 1. The third-order valence-corrected chi connectivity index (χ3v) is 1.25. The Balaban J connectivity index is 2.50. The average molecular weight is 159 g/mol. The second-order valence-corrected chi connectivity index (χ2v) is 2.27. The Morgan fingerprint density at radius 1 is 1.70 bits per heavy atom. The lowest BCUT2D eigenvalue weighted by molar-refractivity contribution is 0.475. The summed E-state index contributed by atoms with van der Waals surface area (Å²) in [6.07, 6.45) is 1.63. The normalized spacial score (nSPS) is 10.1. The largest absolute Gasteiger partial charge is 0.414 e. The molecule has 1 heterocycles. The van der Waals surface area contributed by atoms with Gasteiger partial charge in [0.25, 0.3) is 4.84 Å². The molecule has 0 saturated heterocycles. The lowest BCUT2D eigenvalue weighted by Gasteiger charge is -1.87. The standard InChI is InChI=1S/C5H9N3OS/c6-3-1-2-4-7-8-5(10)9-4/h1-3,6H2,(H,8,10). The molecule has 0 saturated carbocycles. The first-order valence-corrected chi connectivity index (χ1v) is 3.48. The SMILES string of the molecule is NCCCc1n[nH]c(=S)o1. The molecular weight excluding hydrogens is 150 g/mol. The van der Waals surface area contributed by atoms with Gasteiger partial charge < -0.3 is 10.2 Å². The van der Waals surface area contributed by atoms with E-state index in [-0.39, 0.29) is 0 Å². The van der Waals surface area contributed by atoms with Crippen LogP contribution in [0.5, 0.6) is 0 Å². The van der Waals surface area contributed by atoms with E-state index >= 15 is 0 Å². The molecule has 4 nitrogen and oxygen atoms in total. The molecule has 0 fully saturated rings. The number of H-pyrrole nitrogens is 1. The van der Waals surface area contributed by atoms with Crippen LogP contribution in [0.3, 0.4) is 0 Å². The van der Waals surface area contributed by atoms with Crippen molar-refractivity contribution >= 4 is 12.2 Å². The van der Waals surface area contributed by atoms with Gasteiger partial charge in [-0.3, -0.25) is 0 Å². The molecule has 0 aromatic carbocycles. The topological polar surface area (TPSA) is 67.8 Å². The van der Waals surface area contributed by atoms with Gasteiger partial charge in [-0.15, -0.1) is 5.10 Å². The number of rotatable bonds is 3. The first-order chi connectivity index (χ1) is 4.83. The van der Waals surface area contributed by atoms with Crippen LogP contribution in [0.15, 0.2) is 4.42 Å². The number of nitrogens with zero attached hydrogens (tertiary/aromatic N) is 1. The molecule has 1 aromatic heterocycles. The fourth-order valence-corrected chi connectivity index (χ4v) is 0.763. The third-order valence-electron chi connectivity index (χ3n) is 1.08. The van der Waals surface area contributed by atoms with E-state index < -0.39 is 0 Å². The number of aromatic nitrogens is 2. The molecule has 5 heteroatoms. The summed E-state index contributed by atoms with van der Waals surface area (Å²) >= 11 is 4.67. The summed E-state index contributed by atoms with van der Waals surface area (Å²) in [4.78, 5) is 0.326. The van der Waals surface area contributed by atoms with Crippen LogP contribution in [0.2, 0.25) is 0 Å². The van der Waals surface area contributed by atoms with Gasteiger partial charge >= 0.3 is 0 Å². The van der Waals surface area contributed by atoms with E-state index in [0.29, 0.717) is 17.3 Å². The highest BCUT2D eigenvalue weighted by Gasteiger charge is 1.96. The van der Waals surface area contributed by atoms with Gasteiger partial charge in [0.1, 0.15) is 0 Å². The van der Waals surface area contributed by atoms with Crippen LogP contribution >= 0.6 is 12.2 Å². The molecule has 0 aliphatic heterocycles. The van der Waals surface area contributed by atoms with Crippen molar-refractivity contribution in [2.45, 2.75) is 12.8 Å². The van der Waals surface area contributed by atoms with Crippen molar-refractivity contribution in [3.63, 3.8) is 0 Å².